The van der Waals surface area contributed by atoms with Gasteiger partial charge in [0, 0.05) is 17.1 Å². The molecule has 114 valence electrons. The van der Waals surface area contributed by atoms with Gasteiger partial charge in [-0.15, -0.1) is 0 Å². The highest BCUT2D eigenvalue weighted by Gasteiger charge is 2.51. The fraction of sp³-hybridized carbons (Fsp3) is 0.611. The van der Waals surface area contributed by atoms with Crippen LogP contribution in [0.2, 0.25) is 0 Å². The Balaban J connectivity index is 1.91. The number of halogens is 1. The molecule has 2 nitrogen and oxygen atoms in total. The van der Waals surface area contributed by atoms with Crippen LogP contribution in [0.4, 0.5) is 0 Å². The number of hydrogen-bond donors (Lipinski definition) is 0. The third-order valence-corrected chi connectivity index (χ3v) is 5.72. The SMILES string of the molecule is Cc1ccc(Br)c(C(=O)N2CC3(C)CC2CC(C)(C)C3)c1. The number of carbonyl (C=O) groups excluding carboxylic acids is 1. The van der Waals surface area contributed by atoms with Gasteiger partial charge in [0.15, 0.2) is 0 Å². The molecule has 1 amide bonds. The molecule has 1 aromatic rings. The van der Waals surface area contributed by atoms with Gasteiger partial charge in [-0.3, -0.25) is 4.79 Å². The summed E-state index contributed by atoms with van der Waals surface area (Å²) in [5, 5.41) is 0. The van der Waals surface area contributed by atoms with E-state index in [1.807, 2.05) is 25.1 Å². The van der Waals surface area contributed by atoms with Crippen molar-refractivity contribution in [3.63, 3.8) is 0 Å². The molecule has 1 heterocycles. The summed E-state index contributed by atoms with van der Waals surface area (Å²) < 4.78 is 0.906. The van der Waals surface area contributed by atoms with Gasteiger partial charge >= 0.3 is 0 Å². The molecule has 1 aromatic carbocycles. The maximum absolute atomic E-state index is 13.0. The molecule has 0 aromatic heterocycles. The molecule has 1 aliphatic heterocycles. The smallest absolute Gasteiger partial charge is 0.255 e. The lowest BCUT2D eigenvalue weighted by molar-refractivity contribution is 0.0707. The van der Waals surface area contributed by atoms with Gasteiger partial charge < -0.3 is 4.90 Å². The predicted octanol–water partition coefficient (Wildman–Crippen LogP) is 4.80. The molecule has 3 rings (SSSR count). The largest absolute Gasteiger partial charge is 0.335 e. The lowest BCUT2D eigenvalue weighted by Crippen LogP contribution is -2.37. The van der Waals surface area contributed by atoms with Gasteiger partial charge in [-0.1, -0.05) is 32.4 Å². The molecule has 21 heavy (non-hydrogen) atoms. The highest BCUT2D eigenvalue weighted by molar-refractivity contribution is 9.10. The number of aryl methyl sites for hydroxylation is 1. The van der Waals surface area contributed by atoms with Crippen molar-refractivity contribution >= 4 is 21.8 Å². The van der Waals surface area contributed by atoms with Crippen molar-refractivity contribution in [1.29, 1.82) is 0 Å². The van der Waals surface area contributed by atoms with E-state index in [4.69, 9.17) is 0 Å². The third-order valence-electron chi connectivity index (χ3n) is 5.03. The molecule has 2 bridgehead atoms. The summed E-state index contributed by atoms with van der Waals surface area (Å²) in [6.07, 6.45) is 3.50. The molecule has 1 saturated carbocycles. The lowest BCUT2D eigenvalue weighted by Gasteiger charge is -2.39. The average Bonchev–Trinajstić information content (AvgIpc) is 2.61. The Morgan fingerprint density at radius 3 is 2.71 bits per heavy atom. The van der Waals surface area contributed by atoms with E-state index in [1.165, 1.54) is 6.42 Å². The summed E-state index contributed by atoms with van der Waals surface area (Å²) in [7, 11) is 0. The molecule has 0 N–H and O–H groups in total. The topological polar surface area (TPSA) is 20.3 Å². The van der Waals surface area contributed by atoms with E-state index in [2.05, 4.69) is 41.6 Å². The minimum atomic E-state index is 0.192. The molecular weight excluding hydrogens is 326 g/mol. The Bertz CT molecular complexity index is 595. The van der Waals surface area contributed by atoms with E-state index >= 15 is 0 Å². The van der Waals surface area contributed by atoms with E-state index in [-0.39, 0.29) is 5.91 Å². The van der Waals surface area contributed by atoms with Crippen molar-refractivity contribution in [3.05, 3.63) is 33.8 Å². The van der Waals surface area contributed by atoms with Crippen molar-refractivity contribution in [2.45, 2.75) is 53.0 Å². The van der Waals surface area contributed by atoms with Gasteiger partial charge in [-0.25, -0.2) is 0 Å². The zero-order valence-electron chi connectivity index (χ0n) is 13.4. The molecule has 0 radical (unpaired) electrons. The van der Waals surface area contributed by atoms with Gasteiger partial charge in [-0.2, -0.15) is 0 Å². The van der Waals surface area contributed by atoms with Crippen LogP contribution in [-0.2, 0) is 0 Å². The minimum absolute atomic E-state index is 0.192. The summed E-state index contributed by atoms with van der Waals surface area (Å²) in [6, 6.07) is 6.42. The van der Waals surface area contributed by atoms with E-state index in [9.17, 15) is 4.79 Å². The number of nitrogens with zero attached hydrogens (tertiary/aromatic N) is 1. The average molecular weight is 350 g/mol. The molecule has 1 saturated heterocycles. The number of fused-ring (bicyclic) bond motifs is 2. The van der Waals surface area contributed by atoms with E-state index in [1.54, 1.807) is 0 Å². The van der Waals surface area contributed by atoms with E-state index in [0.29, 0.717) is 16.9 Å². The van der Waals surface area contributed by atoms with Crippen LogP contribution in [0.3, 0.4) is 0 Å². The Labute approximate surface area is 136 Å². The number of amides is 1. The zero-order chi connectivity index (χ0) is 15.4. The number of carbonyl (C=O) groups is 1. The molecular formula is C18H24BrNO. The number of rotatable bonds is 1. The van der Waals surface area contributed by atoms with Crippen LogP contribution in [0.5, 0.6) is 0 Å². The molecule has 0 spiro atoms. The Kier molecular flexibility index (Phi) is 3.47. The first-order valence-corrected chi connectivity index (χ1v) is 8.56. The van der Waals surface area contributed by atoms with Crippen molar-refractivity contribution in [2.24, 2.45) is 10.8 Å². The van der Waals surface area contributed by atoms with Gasteiger partial charge in [0.2, 0.25) is 0 Å². The highest BCUT2D eigenvalue weighted by atomic mass is 79.9. The number of likely N-dealkylation sites (tertiary alicyclic amines) is 1. The molecule has 2 unspecified atom stereocenters. The minimum Gasteiger partial charge on any atom is -0.335 e. The summed E-state index contributed by atoms with van der Waals surface area (Å²) in [5.41, 5.74) is 2.58. The van der Waals surface area contributed by atoms with Crippen molar-refractivity contribution in [3.8, 4) is 0 Å². The number of hydrogen-bond acceptors (Lipinski definition) is 1. The normalized spacial score (nSPS) is 30.5. The first-order valence-electron chi connectivity index (χ1n) is 7.76. The summed E-state index contributed by atoms with van der Waals surface area (Å²) in [5.74, 6) is 0.192. The van der Waals surface area contributed by atoms with Crippen molar-refractivity contribution in [1.82, 2.24) is 4.90 Å². The van der Waals surface area contributed by atoms with Crippen molar-refractivity contribution in [2.75, 3.05) is 6.54 Å². The molecule has 2 aliphatic rings. The second-order valence-electron chi connectivity index (χ2n) is 8.13. The second kappa shape index (κ2) is 4.84. The first-order chi connectivity index (χ1) is 9.69. The number of benzene rings is 1. The predicted molar refractivity (Wildman–Crippen MR) is 89.4 cm³/mol. The monoisotopic (exact) mass is 349 g/mol. The van der Waals surface area contributed by atoms with Crippen LogP contribution in [0, 0.1) is 17.8 Å². The third kappa shape index (κ3) is 2.77. The van der Waals surface area contributed by atoms with Gasteiger partial charge in [0.05, 0.1) is 5.56 Å². The molecule has 3 heteroatoms. The molecule has 2 atom stereocenters. The summed E-state index contributed by atoms with van der Waals surface area (Å²) in [6.45, 7) is 9.97. The van der Waals surface area contributed by atoms with Crippen LogP contribution in [0.15, 0.2) is 22.7 Å². The van der Waals surface area contributed by atoms with Gasteiger partial charge in [-0.05, 0) is 65.1 Å². The quantitative estimate of drug-likeness (QED) is 0.713. The van der Waals surface area contributed by atoms with Crippen LogP contribution >= 0.6 is 15.9 Å². The van der Waals surface area contributed by atoms with Crippen LogP contribution < -0.4 is 0 Å². The van der Waals surface area contributed by atoms with E-state index < -0.39 is 0 Å². The Morgan fingerprint density at radius 2 is 2.00 bits per heavy atom. The van der Waals surface area contributed by atoms with Crippen molar-refractivity contribution < 1.29 is 4.79 Å². The molecule has 2 fully saturated rings. The van der Waals surface area contributed by atoms with Crippen LogP contribution in [0.1, 0.15) is 56.0 Å². The highest BCUT2D eigenvalue weighted by Crippen LogP contribution is 2.52. The summed E-state index contributed by atoms with van der Waals surface area (Å²) in [4.78, 5) is 15.1. The van der Waals surface area contributed by atoms with Crippen LogP contribution in [0.25, 0.3) is 0 Å². The summed E-state index contributed by atoms with van der Waals surface area (Å²) >= 11 is 3.54. The Morgan fingerprint density at radius 1 is 1.29 bits per heavy atom. The van der Waals surface area contributed by atoms with E-state index in [0.717, 1.165) is 35.0 Å². The maximum atomic E-state index is 13.0. The standard InChI is InChI=1S/C18H24BrNO/c1-12-5-6-15(19)14(7-12)16(21)20-11-18(4)9-13(20)8-17(2,3)10-18/h5-7,13H,8-11H2,1-4H3. The van der Waals surface area contributed by atoms with Crippen LogP contribution in [-0.4, -0.2) is 23.4 Å². The maximum Gasteiger partial charge on any atom is 0.255 e. The fourth-order valence-corrected chi connectivity index (χ4v) is 5.07. The molecule has 1 aliphatic carbocycles. The second-order valence-corrected chi connectivity index (χ2v) is 8.98. The Hall–Kier alpha value is -0.830. The van der Waals surface area contributed by atoms with Gasteiger partial charge in [0.1, 0.15) is 0 Å². The van der Waals surface area contributed by atoms with Gasteiger partial charge in [0.25, 0.3) is 5.91 Å². The zero-order valence-corrected chi connectivity index (χ0v) is 15.0. The lowest BCUT2D eigenvalue weighted by atomic mass is 9.65. The first kappa shape index (κ1) is 15.1. The fourth-order valence-electron chi connectivity index (χ4n) is 4.66.